The number of aliphatic hydroxyl groups is 1. The highest BCUT2D eigenvalue weighted by Gasteiger charge is 2.16. The third-order valence-electron chi connectivity index (χ3n) is 3.54. The molecular formula is C16H19NO4S. The summed E-state index contributed by atoms with van der Waals surface area (Å²) in [5, 5.41) is 9.54. The van der Waals surface area contributed by atoms with Crippen LogP contribution in [0.1, 0.15) is 11.1 Å². The molecule has 0 spiro atoms. The number of hydrogen-bond acceptors (Lipinski definition) is 4. The molecule has 22 heavy (non-hydrogen) atoms. The summed E-state index contributed by atoms with van der Waals surface area (Å²) in [6, 6.07) is 10.5. The summed E-state index contributed by atoms with van der Waals surface area (Å²) < 4.78 is 31.6. The Morgan fingerprint density at radius 3 is 2.50 bits per heavy atom. The smallest absolute Gasteiger partial charge is 0.240 e. The van der Waals surface area contributed by atoms with E-state index in [1.54, 1.807) is 38.3 Å². The summed E-state index contributed by atoms with van der Waals surface area (Å²) in [5.41, 5.74) is 2.84. The molecular weight excluding hydrogens is 302 g/mol. The van der Waals surface area contributed by atoms with Gasteiger partial charge in [0.25, 0.3) is 0 Å². The Hall–Kier alpha value is -1.89. The van der Waals surface area contributed by atoms with Crippen molar-refractivity contribution in [1.82, 2.24) is 4.72 Å². The third-order valence-corrected chi connectivity index (χ3v) is 5.10. The molecule has 2 rings (SSSR count). The normalized spacial score (nSPS) is 11.5. The van der Waals surface area contributed by atoms with E-state index in [2.05, 4.69) is 4.72 Å². The van der Waals surface area contributed by atoms with E-state index in [4.69, 9.17) is 4.74 Å². The fraction of sp³-hybridized carbons (Fsp3) is 0.250. The second-order valence-corrected chi connectivity index (χ2v) is 6.72. The monoisotopic (exact) mass is 321 g/mol. The van der Waals surface area contributed by atoms with E-state index in [9.17, 15) is 13.5 Å². The minimum atomic E-state index is -3.53. The number of hydrogen-bond donors (Lipinski definition) is 2. The summed E-state index contributed by atoms with van der Waals surface area (Å²) >= 11 is 0. The second kappa shape index (κ2) is 6.48. The number of aryl methyl sites for hydroxylation is 1. The van der Waals surface area contributed by atoms with E-state index >= 15 is 0 Å². The van der Waals surface area contributed by atoms with Crippen molar-refractivity contribution in [2.24, 2.45) is 0 Å². The van der Waals surface area contributed by atoms with Gasteiger partial charge in [-0.3, -0.25) is 0 Å². The summed E-state index contributed by atoms with van der Waals surface area (Å²) in [4.78, 5) is 0.229. The van der Waals surface area contributed by atoms with Crippen LogP contribution >= 0.6 is 0 Å². The first kappa shape index (κ1) is 16.5. The van der Waals surface area contributed by atoms with Gasteiger partial charge < -0.3 is 9.84 Å². The lowest BCUT2D eigenvalue weighted by molar-refractivity contribution is 0.281. The van der Waals surface area contributed by atoms with E-state index in [0.29, 0.717) is 16.9 Å². The van der Waals surface area contributed by atoms with Gasteiger partial charge in [-0.15, -0.1) is 0 Å². The summed E-state index contributed by atoms with van der Waals surface area (Å²) in [6.45, 7) is 1.59. The Balaban J connectivity index is 2.62. The zero-order valence-electron chi connectivity index (χ0n) is 12.8. The van der Waals surface area contributed by atoms with Crippen LogP contribution in [0.5, 0.6) is 5.75 Å². The molecule has 2 N–H and O–H groups in total. The van der Waals surface area contributed by atoms with Gasteiger partial charge in [0.15, 0.2) is 0 Å². The quantitative estimate of drug-likeness (QED) is 0.884. The van der Waals surface area contributed by atoms with Crippen LogP contribution in [0.2, 0.25) is 0 Å². The summed E-state index contributed by atoms with van der Waals surface area (Å²) in [5.74, 6) is 0.642. The number of benzene rings is 2. The van der Waals surface area contributed by atoms with E-state index in [0.717, 1.165) is 11.1 Å². The van der Waals surface area contributed by atoms with Gasteiger partial charge in [0.05, 0.1) is 18.6 Å². The van der Waals surface area contributed by atoms with E-state index in [-0.39, 0.29) is 11.5 Å². The minimum absolute atomic E-state index is 0.158. The maximum Gasteiger partial charge on any atom is 0.240 e. The number of methoxy groups -OCH3 is 1. The molecule has 0 unspecified atom stereocenters. The van der Waals surface area contributed by atoms with E-state index in [1.165, 1.54) is 7.05 Å². The van der Waals surface area contributed by atoms with Crippen molar-refractivity contribution in [2.45, 2.75) is 18.4 Å². The number of aliphatic hydroxyl groups excluding tert-OH is 1. The molecule has 0 aliphatic rings. The molecule has 5 nitrogen and oxygen atoms in total. The zero-order chi connectivity index (χ0) is 16.3. The lowest BCUT2D eigenvalue weighted by Gasteiger charge is -2.13. The van der Waals surface area contributed by atoms with Crippen LogP contribution in [0.4, 0.5) is 0 Å². The Labute approximate surface area is 130 Å². The maximum atomic E-state index is 12.1. The van der Waals surface area contributed by atoms with Crippen molar-refractivity contribution in [1.29, 1.82) is 0 Å². The Bertz CT molecular complexity index is 785. The van der Waals surface area contributed by atoms with Crippen molar-refractivity contribution in [3.05, 3.63) is 47.5 Å². The largest absolute Gasteiger partial charge is 0.497 e. The molecule has 0 saturated heterocycles. The molecule has 6 heteroatoms. The second-order valence-electron chi connectivity index (χ2n) is 4.87. The average Bonchev–Trinajstić information content (AvgIpc) is 2.54. The highest BCUT2D eigenvalue weighted by atomic mass is 32.2. The van der Waals surface area contributed by atoms with E-state index in [1.807, 2.05) is 12.1 Å². The van der Waals surface area contributed by atoms with Gasteiger partial charge >= 0.3 is 0 Å². The molecule has 0 amide bonds. The molecule has 0 aromatic heterocycles. The first-order chi connectivity index (χ1) is 10.4. The molecule has 118 valence electrons. The standard InChI is InChI=1S/C16H19NO4S/c1-11-4-5-12(9-16(11)22(19,20)17-2)15-7-6-14(21-3)8-13(15)10-18/h4-9,17-18H,10H2,1-3H3. The fourth-order valence-electron chi connectivity index (χ4n) is 2.28. The number of ether oxygens (including phenoxy) is 1. The first-order valence-electron chi connectivity index (χ1n) is 6.75. The maximum absolute atomic E-state index is 12.1. The molecule has 0 aliphatic heterocycles. The highest BCUT2D eigenvalue weighted by Crippen LogP contribution is 2.30. The van der Waals surface area contributed by atoms with Crippen LogP contribution in [0.25, 0.3) is 11.1 Å². The molecule has 2 aromatic carbocycles. The predicted molar refractivity (Wildman–Crippen MR) is 85.3 cm³/mol. The molecule has 2 aromatic rings. The lowest BCUT2D eigenvalue weighted by atomic mass is 9.99. The zero-order valence-corrected chi connectivity index (χ0v) is 13.6. The van der Waals surface area contributed by atoms with Gasteiger partial charge in [-0.05, 0) is 54.4 Å². The van der Waals surface area contributed by atoms with Crippen LogP contribution in [-0.4, -0.2) is 27.7 Å². The van der Waals surface area contributed by atoms with E-state index < -0.39 is 10.0 Å². The highest BCUT2D eigenvalue weighted by molar-refractivity contribution is 7.89. The van der Waals surface area contributed by atoms with Crippen molar-refractivity contribution in [3.8, 4) is 16.9 Å². The summed E-state index contributed by atoms with van der Waals surface area (Å²) in [6.07, 6.45) is 0. The van der Waals surface area contributed by atoms with Gasteiger partial charge in [-0.25, -0.2) is 13.1 Å². The molecule has 0 aliphatic carbocycles. The molecule has 0 fully saturated rings. The lowest BCUT2D eigenvalue weighted by Crippen LogP contribution is -2.19. The number of rotatable bonds is 5. The molecule has 0 bridgehead atoms. The SMILES string of the molecule is CNS(=O)(=O)c1cc(-c2ccc(OC)cc2CO)ccc1C. The molecule has 0 heterocycles. The fourth-order valence-corrected chi connectivity index (χ4v) is 3.27. The van der Waals surface area contributed by atoms with Crippen LogP contribution in [0, 0.1) is 6.92 Å². The first-order valence-corrected chi connectivity index (χ1v) is 8.23. The van der Waals surface area contributed by atoms with Crippen molar-refractivity contribution >= 4 is 10.0 Å². The van der Waals surface area contributed by atoms with Crippen LogP contribution in [0.15, 0.2) is 41.3 Å². The van der Waals surface area contributed by atoms with Crippen LogP contribution < -0.4 is 9.46 Å². The van der Waals surface area contributed by atoms with Crippen molar-refractivity contribution < 1.29 is 18.3 Å². The molecule has 0 radical (unpaired) electrons. The third kappa shape index (κ3) is 3.14. The van der Waals surface area contributed by atoms with Crippen molar-refractivity contribution in [2.75, 3.05) is 14.2 Å². The van der Waals surface area contributed by atoms with Gasteiger partial charge in [0.1, 0.15) is 5.75 Å². The molecule has 0 atom stereocenters. The number of sulfonamides is 1. The van der Waals surface area contributed by atoms with Crippen molar-refractivity contribution in [3.63, 3.8) is 0 Å². The van der Waals surface area contributed by atoms with Gasteiger partial charge in [0.2, 0.25) is 10.0 Å². The Morgan fingerprint density at radius 1 is 1.18 bits per heavy atom. The topological polar surface area (TPSA) is 75.6 Å². The van der Waals surface area contributed by atoms with Crippen LogP contribution in [-0.2, 0) is 16.6 Å². The molecule has 0 saturated carbocycles. The Kier molecular flexibility index (Phi) is 4.85. The number of nitrogens with one attached hydrogen (secondary N) is 1. The minimum Gasteiger partial charge on any atom is -0.497 e. The summed E-state index contributed by atoms with van der Waals surface area (Å²) in [7, 11) is -0.591. The Morgan fingerprint density at radius 2 is 1.91 bits per heavy atom. The van der Waals surface area contributed by atoms with Gasteiger partial charge in [0, 0.05) is 0 Å². The van der Waals surface area contributed by atoms with Crippen LogP contribution in [0.3, 0.4) is 0 Å². The van der Waals surface area contributed by atoms with Gasteiger partial charge in [-0.2, -0.15) is 0 Å². The van der Waals surface area contributed by atoms with Gasteiger partial charge in [-0.1, -0.05) is 18.2 Å². The predicted octanol–water partition coefficient (Wildman–Crippen LogP) is 2.07. The average molecular weight is 321 g/mol.